The molecule has 11 nitrogen and oxygen atoms in total. The van der Waals surface area contributed by atoms with Crippen LogP contribution in [0, 0.1) is 0 Å². The highest BCUT2D eigenvalue weighted by Crippen LogP contribution is 2.34. The van der Waals surface area contributed by atoms with Crippen LogP contribution >= 0.6 is 11.6 Å². The number of amides is 4. The second kappa shape index (κ2) is 12.5. The molecule has 2 heterocycles. The highest BCUT2D eigenvalue weighted by molar-refractivity contribution is 6.34. The van der Waals surface area contributed by atoms with E-state index in [1.807, 2.05) is 24.3 Å². The molecule has 2 unspecified atom stereocenters. The lowest BCUT2D eigenvalue weighted by molar-refractivity contribution is -0.175. The number of hydrogen-bond donors (Lipinski definition) is 3. The molecule has 44 heavy (non-hydrogen) atoms. The molecular formula is C30H31ClF2N4O7. The fraction of sp³-hybridized carbons (Fsp3) is 0.433. The van der Waals surface area contributed by atoms with Gasteiger partial charge in [0.1, 0.15) is 18.1 Å². The molecule has 14 heteroatoms. The van der Waals surface area contributed by atoms with E-state index in [1.54, 1.807) is 0 Å². The zero-order valence-corrected chi connectivity index (χ0v) is 24.7. The maximum Gasteiger partial charge on any atom is 0.310 e. The summed E-state index contributed by atoms with van der Waals surface area (Å²) in [6.45, 7) is 1.58. The molecule has 2 fully saturated rings. The Hall–Kier alpha value is -4.10. The molecule has 2 aliphatic heterocycles. The van der Waals surface area contributed by atoms with E-state index in [-0.39, 0.29) is 34.7 Å². The van der Waals surface area contributed by atoms with Gasteiger partial charge in [-0.3, -0.25) is 24.0 Å². The van der Waals surface area contributed by atoms with Gasteiger partial charge in [-0.15, -0.1) is 0 Å². The number of carbonyl (C=O) groups excluding carboxylic acids is 5. The van der Waals surface area contributed by atoms with E-state index in [1.165, 1.54) is 32.0 Å². The van der Waals surface area contributed by atoms with Crippen molar-refractivity contribution in [3.8, 4) is 0 Å². The summed E-state index contributed by atoms with van der Waals surface area (Å²) < 4.78 is 40.4. The van der Waals surface area contributed by atoms with Gasteiger partial charge in [0.05, 0.1) is 29.8 Å². The molecule has 2 aromatic carbocycles. The quantitative estimate of drug-likeness (QED) is 0.380. The van der Waals surface area contributed by atoms with Gasteiger partial charge >= 0.3 is 5.97 Å². The van der Waals surface area contributed by atoms with Crippen molar-refractivity contribution in [2.24, 2.45) is 0 Å². The summed E-state index contributed by atoms with van der Waals surface area (Å²) in [5.74, 6) is -6.83. The molecule has 2 aromatic rings. The van der Waals surface area contributed by atoms with Gasteiger partial charge in [-0.1, -0.05) is 35.9 Å². The second-order valence-corrected chi connectivity index (χ2v) is 11.6. The Morgan fingerprint density at radius 2 is 1.77 bits per heavy atom. The molecule has 0 bridgehead atoms. The van der Waals surface area contributed by atoms with Crippen LogP contribution in [0.4, 0.5) is 14.5 Å². The Labute approximate surface area is 256 Å². The molecule has 234 valence electrons. The molecular weight excluding hydrogens is 602 g/mol. The predicted molar refractivity (Wildman–Crippen MR) is 153 cm³/mol. The van der Waals surface area contributed by atoms with Crippen molar-refractivity contribution in [3.63, 3.8) is 0 Å². The lowest BCUT2D eigenvalue weighted by Crippen LogP contribution is -2.55. The molecule has 0 radical (unpaired) electrons. The van der Waals surface area contributed by atoms with Crippen LogP contribution in [0.25, 0.3) is 0 Å². The SMILES string of the molecule is CC(=O)Nc1ccc(C(=O)N[C@@H](C)C(=O)N2CC(F)(F)CC2C(=O)N[C@H]2CC(=O)OC2OC2Cc3ccccc3C2)cc1Cl. The third-order valence-corrected chi connectivity index (χ3v) is 8.06. The fourth-order valence-corrected chi connectivity index (χ4v) is 5.91. The molecule has 2 saturated heterocycles. The van der Waals surface area contributed by atoms with Crippen molar-refractivity contribution in [3.05, 3.63) is 64.2 Å². The summed E-state index contributed by atoms with van der Waals surface area (Å²) in [7, 11) is 0. The number of hydrogen-bond acceptors (Lipinski definition) is 7. The number of rotatable bonds is 8. The summed E-state index contributed by atoms with van der Waals surface area (Å²) in [4.78, 5) is 63.5. The van der Waals surface area contributed by atoms with Crippen molar-refractivity contribution in [1.29, 1.82) is 0 Å². The van der Waals surface area contributed by atoms with E-state index in [0.717, 1.165) is 16.0 Å². The molecule has 3 aliphatic rings. The fourth-order valence-electron chi connectivity index (χ4n) is 5.68. The van der Waals surface area contributed by atoms with E-state index in [9.17, 15) is 32.8 Å². The Bertz CT molecular complexity index is 1480. The third-order valence-electron chi connectivity index (χ3n) is 7.75. The van der Waals surface area contributed by atoms with Gasteiger partial charge < -0.3 is 30.3 Å². The Morgan fingerprint density at radius 3 is 2.41 bits per heavy atom. The van der Waals surface area contributed by atoms with Crippen LogP contribution in [0.3, 0.4) is 0 Å². The van der Waals surface area contributed by atoms with Crippen molar-refractivity contribution in [2.45, 2.75) is 76.0 Å². The molecule has 0 saturated carbocycles. The van der Waals surface area contributed by atoms with Gasteiger partial charge in [0.2, 0.25) is 24.0 Å². The van der Waals surface area contributed by atoms with Crippen LogP contribution in [-0.2, 0) is 41.5 Å². The second-order valence-electron chi connectivity index (χ2n) is 11.2. The number of benzene rings is 2. The number of carbonyl (C=O) groups is 5. The molecule has 4 atom stereocenters. The summed E-state index contributed by atoms with van der Waals surface area (Å²) in [6.07, 6.45) is -1.37. The van der Waals surface area contributed by atoms with Crippen molar-refractivity contribution in [1.82, 2.24) is 15.5 Å². The highest BCUT2D eigenvalue weighted by Gasteiger charge is 2.52. The van der Waals surface area contributed by atoms with E-state index in [4.69, 9.17) is 21.1 Å². The topological polar surface area (TPSA) is 143 Å². The lowest BCUT2D eigenvalue weighted by Gasteiger charge is -2.28. The predicted octanol–water partition coefficient (Wildman–Crippen LogP) is 2.59. The Balaban J connectivity index is 1.22. The van der Waals surface area contributed by atoms with Gasteiger partial charge in [0.25, 0.3) is 11.8 Å². The van der Waals surface area contributed by atoms with Crippen LogP contribution < -0.4 is 16.0 Å². The van der Waals surface area contributed by atoms with E-state index in [0.29, 0.717) is 12.8 Å². The number of halogens is 3. The zero-order chi connectivity index (χ0) is 31.8. The zero-order valence-electron chi connectivity index (χ0n) is 23.9. The number of anilines is 1. The molecule has 0 spiro atoms. The van der Waals surface area contributed by atoms with Crippen LogP contribution in [0.5, 0.6) is 0 Å². The maximum absolute atomic E-state index is 14.6. The first kappa shape index (κ1) is 31.3. The number of cyclic esters (lactones) is 1. The minimum absolute atomic E-state index is 0.0621. The first-order valence-electron chi connectivity index (χ1n) is 14.1. The summed E-state index contributed by atoms with van der Waals surface area (Å²) in [5.41, 5.74) is 2.56. The maximum atomic E-state index is 14.6. The van der Waals surface area contributed by atoms with Crippen LogP contribution in [0.2, 0.25) is 5.02 Å². The molecule has 0 aromatic heterocycles. The van der Waals surface area contributed by atoms with Gasteiger partial charge in [-0.25, -0.2) is 8.78 Å². The first-order chi connectivity index (χ1) is 20.8. The molecule has 4 amide bonds. The lowest BCUT2D eigenvalue weighted by atomic mass is 10.1. The van der Waals surface area contributed by atoms with Gasteiger partial charge in [-0.2, -0.15) is 0 Å². The summed E-state index contributed by atoms with van der Waals surface area (Å²) in [6, 6.07) is 8.08. The third kappa shape index (κ3) is 6.99. The van der Waals surface area contributed by atoms with E-state index >= 15 is 0 Å². The molecule has 1 aliphatic carbocycles. The number of esters is 1. The Kier molecular flexibility index (Phi) is 8.89. The average molecular weight is 633 g/mol. The van der Waals surface area contributed by atoms with Crippen molar-refractivity contribution >= 4 is 46.9 Å². The standard InChI is InChI=1S/C30H31ClF2N4O7/c1-15(34-26(40)19-7-8-22(21(31)11-19)35-16(2)38)28(42)37-14-30(32,33)13-24(37)27(41)36-23-12-25(39)44-29(23)43-20-9-17-5-3-4-6-18(17)10-20/h3-8,11,15,20,23-24,29H,9-10,12-14H2,1-2H3,(H,34,40)(H,35,38)(H,36,41)/t15-,23-,24?,29?/m0/s1. The minimum Gasteiger partial charge on any atom is -0.433 e. The van der Waals surface area contributed by atoms with Gasteiger partial charge in [0, 0.05) is 18.9 Å². The van der Waals surface area contributed by atoms with Crippen LogP contribution in [0.1, 0.15) is 48.2 Å². The number of nitrogens with zero attached hydrogens (tertiary/aromatic N) is 1. The van der Waals surface area contributed by atoms with E-state index in [2.05, 4.69) is 16.0 Å². The largest absolute Gasteiger partial charge is 0.433 e. The smallest absolute Gasteiger partial charge is 0.310 e. The van der Waals surface area contributed by atoms with Crippen LogP contribution in [0.15, 0.2) is 42.5 Å². The highest BCUT2D eigenvalue weighted by atomic mass is 35.5. The molecule has 5 rings (SSSR count). The Morgan fingerprint density at radius 1 is 1.09 bits per heavy atom. The number of nitrogens with one attached hydrogen (secondary N) is 3. The normalized spacial score (nSPS) is 23.1. The van der Waals surface area contributed by atoms with Gasteiger partial charge in [0.15, 0.2) is 0 Å². The van der Waals surface area contributed by atoms with Crippen molar-refractivity contribution in [2.75, 3.05) is 11.9 Å². The molecule has 3 N–H and O–H groups in total. The first-order valence-corrected chi connectivity index (χ1v) is 14.5. The number of alkyl halides is 2. The van der Waals surface area contributed by atoms with Crippen molar-refractivity contribution < 1.29 is 42.2 Å². The average Bonchev–Trinajstić information content (AvgIpc) is 3.62. The van der Waals surface area contributed by atoms with E-state index < -0.39 is 67.0 Å². The van der Waals surface area contributed by atoms with Gasteiger partial charge in [-0.05, 0) is 49.1 Å². The summed E-state index contributed by atoms with van der Waals surface area (Å²) >= 11 is 6.13. The van der Waals surface area contributed by atoms with Crippen LogP contribution in [-0.4, -0.2) is 77.5 Å². The monoisotopic (exact) mass is 632 g/mol. The number of likely N-dealkylation sites (tertiary alicyclic amines) is 1. The number of fused-ring (bicyclic) bond motifs is 1. The number of ether oxygens (including phenoxy) is 2. The summed E-state index contributed by atoms with van der Waals surface area (Å²) in [5, 5.41) is 7.61. The minimum atomic E-state index is -3.36.